The molecular formula is C21H24N2O5S. The summed E-state index contributed by atoms with van der Waals surface area (Å²) >= 11 is 1.45. The van der Waals surface area contributed by atoms with E-state index >= 15 is 0 Å². The first-order valence-electron chi connectivity index (χ1n) is 9.51. The van der Waals surface area contributed by atoms with E-state index in [0.717, 1.165) is 10.4 Å². The molecule has 1 aliphatic rings. The molecule has 8 heteroatoms. The Morgan fingerprint density at radius 3 is 2.45 bits per heavy atom. The lowest BCUT2D eigenvalue weighted by molar-refractivity contribution is -0.137. The minimum absolute atomic E-state index is 0.0672. The van der Waals surface area contributed by atoms with Crippen LogP contribution in [0.5, 0.6) is 0 Å². The zero-order valence-electron chi connectivity index (χ0n) is 16.0. The number of rotatable bonds is 8. The first-order valence-corrected chi connectivity index (χ1v) is 10.4. The number of hydrogen-bond acceptors (Lipinski definition) is 5. The normalized spacial score (nSPS) is 15.0. The highest BCUT2D eigenvalue weighted by molar-refractivity contribution is 7.10. The van der Waals surface area contributed by atoms with Crippen molar-refractivity contribution >= 4 is 34.8 Å². The van der Waals surface area contributed by atoms with Crippen molar-refractivity contribution in [1.29, 1.82) is 0 Å². The van der Waals surface area contributed by atoms with Gasteiger partial charge in [-0.3, -0.25) is 14.4 Å². The predicted octanol–water partition coefficient (Wildman–Crippen LogP) is 2.74. The fraction of sp³-hybridized carbons (Fsp3) is 0.381. The number of amides is 2. The third kappa shape index (κ3) is 6.40. The molecule has 0 bridgehead atoms. The van der Waals surface area contributed by atoms with Crippen LogP contribution in [-0.4, -0.2) is 54.1 Å². The maximum absolute atomic E-state index is 12.4. The van der Waals surface area contributed by atoms with Gasteiger partial charge in [0.15, 0.2) is 0 Å². The van der Waals surface area contributed by atoms with Crippen LogP contribution in [0.25, 0.3) is 0 Å². The van der Waals surface area contributed by atoms with Crippen LogP contribution in [-0.2, 0) is 25.5 Å². The first kappa shape index (κ1) is 21.0. The quantitative estimate of drug-likeness (QED) is 0.690. The number of nitrogens with zero attached hydrogens (tertiary/aromatic N) is 1. The van der Waals surface area contributed by atoms with Crippen LogP contribution >= 0.6 is 11.3 Å². The second kappa shape index (κ2) is 10.2. The maximum Gasteiger partial charge on any atom is 0.304 e. The molecular weight excluding hydrogens is 392 g/mol. The molecule has 1 fully saturated rings. The molecule has 0 aliphatic carbocycles. The SMILES string of the molecule is O=C(O)CC(CC(=O)Nc1ccc(CC(=O)N2CCOCC2)cc1)c1cccs1. The van der Waals surface area contributed by atoms with Crippen LogP contribution < -0.4 is 5.32 Å². The molecule has 0 radical (unpaired) electrons. The summed E-state index contributed by atoms with van der Waals surface area (Å²) in [4.78, 5) is 38.5. The summed E-state index contributed by atoms with van der Waals surface area (Å²) in [6, 6.07) is 10.9. The van der Waals surface area contributed by atoms with Gasteiger partial charge >= 0.3 is 5.97 Å². The summed E-state index contributed by atoms with van der Waals surface area (Å²) in [6.45, 7) is 2.39. The Kier molecular flexibility index (Phi) is 7.37. The predicted molar refractivity (Wildman–Crippen MR) is 110 cm³/mol. The van der Waals surface area contributed by atoms with E-state index in [1.165, 1.54) is 11.3 Å². The van der Waals surface area contributed by atoms with Crippen molar-refractivity contribution in [3.05, 3.63) is 52.2 Å². The van der Waals surface area contributed by atoms with Crippen molar-refractivity contribution in [3.8, 4) is 0 Å². The number of nitrogens with one attached hydrogen (secondary N) is 1. The van der Waals surface area contributed by atoms with Gasteiger partial charge in [0.1, 0.15) is 0 Å². The van der Waals surface area contributed by atoms with E-state index in [0.29, 0.717) is 38.4 Å². The van der Waals surface area contributed by atoms with E-state index in [-0.39, 0.29) is 30.6 Å². The molecule has 1 aliphatic heterocycles. The Bertz CT molecular complexity index is 829. The minimum atomic E-state index is -0.925. The van der Waals surface area contributed by atoms with Crippen LogP contribution in [0.4, 0.5) is 5.69 Å². The summed E-state index contributed by atoms with van der Waals surface area (Å²) in [7, 11) is 0. The average Bonchev–Trinajstić information content (AvgIpc) is 3.24. The van der Waals surface area contributed by atoms with Gasteiger partial charge in [-0.15, -0.1) is 11.3 Å². The number of carboxylic acids is 1. The maximum atomic E-state index is 12.4. The Morgan fingerprint density at radius 2 is 1.83 bits per heavy atom. The Morgan fingerprint density at radius 1 is 1.10 bits per heavy atom. The van der Waals surface area contributed by atoms with Crippen molar-refractivity contribution < 1.29 is 24.2 Å². The molecule has 2 N–H and O–H groups in total. The molecule has 3 rings (SSSR count). The van der Waals surface area contributed by atoms with Gasteiger partial charge < -0.3 is 20.1 Å². The molecule has 1 unspecified atom stereocenters. The van der Waals surface area contributed by atoms with Crippen molar-refractivity contribution in [1.82, 2.24) is 4.90 Å². The third-order valence-electron chi connectivity index (χ3n) is 4.76. The van der Waals surface area contributed by atoms with Crippen LogP contribution in [0.15, 0.2) is 41.8 Å². The standard InChI is InChI=1S/C21H24N2O5S/c24-19(13-16(14-21(26)27)18-2-1-11-29-18)22-17-5-3-15(4-6-17)12-20(25)23-7-9-28-10-8-23/h1-6,11,16H,7-10,12-14H2,(H,22,24)(H,26,27). The van der Waals surface area contributed by atoms with Crippen molar-refractivity contribution in [2.45, 2.75) is 25.2 Å². The summed E-state index contributed by atoms with van der Waals surface area (Å²) in [6.07, 6.45) is 0.327. The molecule has 1 atom stereocenters. The summed E-state index contributed by atoms with van der Waals surface area (Å²) in [5.74, 6) is -1.44. The van der Waals surface area contributed by atoms with Crippen LogP contribution in [0, 0.1) is 0 Å². The van der Waals surface area contributed by atoms with Gasteiger partial charge in [0.25, 0.3) is 0 Å². The van der Waals surface area contributed by atoms with Gasteiger partial charge in [0.05, 0.1) is 26.1 Å². The number of carboxylic acid groups (broad SMARTS) is 1. The molecule has 1 aromatic carbocycles. The monoisotopic (exact) mass is 416 g/mol. The molecule has 2 aromatic rings. The van der Waals surface area contributed by atoms with E-state index in [1.54, 1.807) is 17.0 Å². The fourth-order valence-corrected chi connectivity index (χ4v) is 4.08. The van der Waals surface area contributed by atoms with Crippen LogP contribution in [0.2, 0.25) is 0 Å². The molecule has 29 heavy (non-hydrogen) atoms. The summed E-state index contributed by atoms with van der Waals surface area (Å²) in [5, 5.41) is 13.8. The average molecular weight is 416 g/mol. The van der Waals surface area contributed by atoms with Gasteiger partial charge in [-0.1, -0.05) is 18.2 Å². The Labute approximate surface area is 173 Å². The third-order valence-corrected chi connectivity index (χ3v) is 5.79. The molecule has 0 spiro atoms. The van der Waals surface area contributed by atoms with E-state index in [2.05, 4.69) is 5.32 Å². The number of benzene rings is 1. The van der Waals surface area contributed by atoms with Gasteiger partial charge in [-0.05, 0) is 29.1 Å². The van der Waals surface area contributed by atoms with E-state index in [9.17, 15) is 14.4 Å². The summed E-state index contributed by atoms with van der Waals surface area (Å²) in [5.41, 5.74) is 1.50. The lowest BCUT2D eigenvalue weighted by Crippen LogP contribution is -2.41. The van der Waals surface area contributed by atoms with Gasteiger partial charge in [0, 0.05) is 36.0 Å². The molecule has 2 heterocycles. The van der Waals surface area contributed by atoms with Gasteiger partial charge in [-0.2, -0.15) is 0 Å². The fourth-order valence-electron chi connectivity index (χ4n) is 3.25. The lowest BCUT2D eigenvalue weighted by atomic mass is 9.99. The number of ether oxygens (including phenoxy) is 1. The number of morpholine rings is 1. The summed E-state index contributed by atoms with van der Waals surface area (Å²) < 4.78 is 5.26. The minimum Gasteiger partial charge on any atom is -0.481 e. The number of thiophene rings is 1. The molecule has 2 amide bonds. The lowest BCUT2D eigenvalue weighted by Gasteiger charge is -2.26. The van der Waals surface area contributed by atoms with Gasteiger partial charge in [0.2, 0.25) is 11.8 Å². The highest BCUT2D eigenvalue weighted by Crippen LogP contribution is 2.28. The van der Waals surface area contributed by atoms with Crippen molar-refractivity contribution in [2.24, 2.45) is 0 Å². The zero-order chi connectivity index (χ0) is 20.6. The van der Waals surface area contributed by atoms with Crippen LogP contribution in [0.3, 0.4) is 0 Å². The number of aliphatic carboxylic acids is 1. The molecule has 0 saturated carbocycles. The first-order chi connectivity index (χ1) is 14.0. The van der Waals surface area contributed by atoms with Gasteiger partial charge in [-0.25, -0.2) is 0 Å². The molecule has 154 valence electrons. The van der Waals surface area contributed by atoms with Crippen molar-refractivity contribution in [2.75, 3.05) is 31.6 Å². The largest absolute Gasteiger partial charge is 0.481 e. The van der Waals surface area contributed by atoms with E-state index in [1.807, 2.05) is 29.6 Å². The molecule has 1 saturated heterocycles. The number of hydrogen-bond donors (Lipinski definition) is 2. The highest BCUT2D eigenvalue weighted by Gasteiger charge is 2.21. The topological polar surface area (TPSA) is 95.9 Å². The van der Waals surface area contributed by atoms with Crippen molar-refractivity contribution in [3.63, 3.8) is 0 Å². The van der Waals surface area contributed by atoms with Crippen LogP contribution in [0.1, 0.15) is 29.2 Å². The second-order valence-electron chi connectivity index (χ2n) is 6.93. The Balaban J connectivity index is 1.53. The molecule has 1 aromatic heterocycles. The Hall–Kier alpha value is -2.71. The number of anilines is 1. The van der Waals surface area contributed by atoms with E-state index < -0.39 is 5.97 Å². The number of carbonyl (C=O) groups is 3. The highest BCUT2D eigenvalue weighted by atomic mass is 32.1. The molecule has 7 nitrogen and oxygen atoms in total. The smallest absolute Gasteiger partial charge is 0.304 e. The number of carbonyl (C=O) groups excluding carboxylic acids is 2. The second-order valence-corrected chi connectivity index (χ2v) is 7.91. The van der Waals surface area contributed by atoms with E-state index in [4.69, 9.17) is 9.84 Å². The zero-order valence-corrected chi connectivity index (χ0v) is 16.8.